The smallest absolute Gasteiger partial charge is 0.251 e. The van der Waals surface area contributed by atoms with Gasteiger partial charge < -0.3 is 9.74 Å². The van der Waals surface area contributed by atoms with Gasteiger partial charge in [-0.2, -0.15) is 0 Å². The molecule has 1 aliphatic rings. The van der Waals surface area contributed by atoms with Crippen molar-refractivity contribution in [2.24, 2.45) is 0 Å². The summed E-state index contributed by atoms with van der Waals surface area (Å²) in [5.41, 5.74) is 1.12. The van der Waals surface area contributed by atoms with Gasteiger partial charge >= 0.3 is 0 Å². The lowest BCUT2D eigenvalue weighted by molar-refractivity contribution is -0.141. The van der Waals surface area contributed by atoms with Crippen molar-refractivity contribution in [3.05, 3.63) is 35.9 Å². The predicted octanol–water partition coefficient (Wildman–Crippen LogP) is 2.08. The molecule has 0 unspecified atom stereocenters. The van der Waals surface area contributed by atoms with Crippen molar-refractivity contribution in [1.29, 1.82) is 0 Å². The van der Waals surface area contributed by atoms with E-state index in [1.807, 2.05) is 30.3 Å². The summed E-state index contributed by atoms with van der Waals surface area (Å²) in [6.45, 7) is 6.29. The number of benzene rings is 1. The Bertz CT molecular complexity index is 386. The lowest BCUT2D eigenvalue weighted by atomic mass is 9.94. The van der Waals surface area contributed by atoms with Gasteiger partial charge in [-0.3, -0.25) is 4.79 Å². The van der Waals surface area contributed by atoms with Gasteiger partial charge in [-0.1, -0.05) is 30.3 Å². The molecule has 1 aromatic carbocycles. The molecule has 0 radical (unpaired) electrons. The standard InChI is InChI=1S/C12H17NO2Si/c1-16(2,3)15-11-10(13-12(11)14)9-7-5-4-6-8-9/h4-8,10-11H,1-3H3,(H,13,14)/t10-,11+/m1/s1. The van der Waals surface area contributed by atoms with Crippen LogP contribution in [0.3, 0.4) is 0 Å². The second-order valence-electron chi connectivity index (χ2n) is 5.05. The highest BCUT2D eigenvalue weighted by Crippen LogP contribution is 2.29. The monoisotopic (exact) mass is 235 g/mol. The number of hydrogen-bond acceptors (Lipinski definition) is 2. The molecule has 1 aliphatic heterocycles. The first-order valence-corrected chi connectivity index (χ1v) is 8.91. The first kappa shape index (κ1) is 11.4. The van der Waals surface area contributed by atoms with Crippen LogP contribution < -0.4 is 5.32 Å². The van der Waals surface area contributed by atoms with Crippen molar-refractivity contribution in [3.8, 4) is 0 Å². The van der Waals surface area contributed by atoms with Gasteiger partial charge in [0.25, 0.3) is 5.91 Å². The molecule has 3 nitrogen and oxygen atoms in total. The first-order valence-electron chi connectivity index (χ1n) is 5.50. The Balaban J connectivity index is 2.11. The van der Waals surface area contributed by atoms with Crippen LogP contribution in [0.4, 0.5) is 0 Å². The second kappa shape index (κ2) is 4.03. The number of carbonyl (C=O) groups excluding carboxylic acids is 1. The van der Waals surface area contributed by atoms with Crippen LogP contribution in [-0.4, -0.2) is 20.3 Å². The molecule has 86 valence electrons. The van der Waals surface area contributed by atoms with E-state index in [0.717, 1.165) is 5.56 Å². The van der Waals surface area contributed by atoms with E-state index in [9.17, 15) is 4.79 Å². The van der Waals surface area contributed by atoms with Crippen LogP contribution in [0.5, 0.6) is 0 Å². The fourth-order valence-electron chi connectivity index (χ4n) is 1.79. The third-order valence-corrected chi connectivity index (χ3v) is 3.46. The molecule has 2 atom stereocenters. The molecule has 1 fully saturated rings. The van der Waals surface area contributed by atoms with E-state index in [2.05, 4.69) is 25.0 Å². The summed E-state index contributed by atoms with van der Waals surface area (Å²) in [5.74, 6) is 0.0104. The van der Waals surface area contributed by atoms with E-state index < -0.39 is 8.32 Å². The van der Waals surface area contributed by atoms with Crippen molar-refractivity contribution < 1.29 is 9.22 Å². The van der Waals surface area contributed by atoms with E-state index in [-0.39, 0.29) is 18.1 Å². The Morgan fingerprint density at radius 1 is 1.19 bits per heavy atom. The van der Waals surface area contributed by atoms with Crippen LogP contribution in [-0.2, 0) is 9.22 Å². The number of carbonyl (C=O) groups is 1. The van der Waals surface area contributed by atoms with Gasteiger partial charge in [-0.05, 0) is 25.2 Å². The Labute approximate surface area is 96.9 Å². The highest BCUT2D eigenvalue weighted by atomic mass is 28.4. The largest absolute Gasteiger partial charge is 0.404 e. The number of nitrogens with one attached hydrogen (secondary N) is 1. The molecule has 1 N–H and O–H groups in total. The molecule has 0 aromatic heterocycles. The summed E-state index contributed by atoms with van der Waals surface area (Å²) in [6.07, 6.45) is -0.297. The van der Waals surface area contributed by atoms with Crippen molar-refractivity contribution in [3.63, 3.8) is 0 Å². The van der Waals surface area contributed by atoms with Gasteiger partial charge in [0.1, 0.15) is 6.10 Å². The minimum absolute atomic E-state index is 0.0104. The van der Waals surface area contributed by atoms with E-state index >= 15 is 0 Å². The molecule has 0 saturated carbocycles. The van der Waals surface area contributed by atoms with Gasteiger partial charge in [-0.25, -0.2) is 0 Å². The molecule has 0 spiro atoms. The maximum atomic E-state index is 11.5. The summed E-state index contributed by atoms with van der Waals surface area (Å²) in [5, 5.41) is 2.89. The zero-order valence-corrected chi connectivity index (χ0v) is 10.9. The van der Waals surface area contributed by atoms with Crippen molar-refractivity contribution in [1.82, 2.24) is 5.32 Å². The summed E-state index contributed by atoms with van der Waals surface area (Å²) in [7, 11) is -1.67. The molecule has 0 aliphatic carbocycles. The number of hydrogen-bond donors (Lipinski definition) is 1. The lowest BCUT2D eigenvalue weighted by Gasteiger charge is -2.40. The van der Waals surface area contributed by atoms with E-state index in [0.29, 0.717) is 0 Å². The highest BCUT2D eigenvalue weighted by Gasteiger charge is 2.43. The SMILES string of the molecule is C[Si](C)(C)O[C@@H]1C(=O)N[C@@H]1c1ccccc1. The third-order valence-electron chi connectivity index (χ3n) is 2.50. The molecule has 1 aromatic rings. The maximum absolute atomic E-state index is 11.5. The van der Waals surface area contributed by atoms with Crippen LogP contribution in [0.2, 0.25) is 19.6 Å². The molecule has 0 bridgehead atoms. The molecule has 1 amide bonds. The molecular weight excluding hydrogens is 218 g/mol. The maximum Gasteiger partial charge on any atom is 0.251 e. The molecule has 2 rings (SSSR count). The summed E-state index contributed by atoms with van der Waals surface area (Å²) < 4.78 is 5.88. The zero-order valence-electron chi connectivity index (χ0n) is 9.86. The lowest BCUT2D eigenvalue weighted by Crippen LogP contribution is -2.59. The fourth-order valence-corrected chi connectivity index (χ4v) is 2.79. The second-order valence-corrected chi connectivity index (χ2v) is 9.51. The predicted molar refractivity (Wildman–Crippen MR) is 65.5 cm³/mol. The molecule has 4 heteroatoms. The number of β-lactam (4-membered cyclic amide) rings is 1. The Kier molecular flexibility index (Phi) is 2.86. The average Bonchev–Trinajstić information content (AvgIpc) is 2.23. The van der Waals surface area contributed by atoms with Crippen LogP contribution in [0.25, 0.3) is 0 Å². The van der Waals surface area contributed by atoms with Gasteiger partial charge in [0.15, 0.2) is 8.32 Å². The quantitative estimate of drug-likeness (QED) is 0.643. The Morgan fingerprint density at radius 3 is 2.31 bits per heavy atom. The Morgan fingerprint density at radius 2 is 1.81 bits per heavy atom. The van der Waals surface area contributed by atoms with E-state index in [4.69, 9.17) is 4.43 Å². The van der Waals surface area contributed by atoms with Gasteiger partial charge in [0, 0.05) is 0 Å². The van der Waals surface area contributed by atoms with Crippen molar-refractivity contribution in [2.45, 2.75) is 31.8 Å². The molecule has 1 saturated heterocycles. The van der Waals surface area contributed by atoms with Crippen LogP contribution in [0, 0.1) is 0 Å². The molecular formula is C12H17NO2Si. The first-order chi connectivity index (χ1) is 7.47. The average molecular weight is 235 g/mol. The summed E-state index contributed by atoms with van der Waals surface area (Å²) in [6, 6.07) is 9.99. The fraction of sp³-hybridized carbons (Fsp3) is 0.417. The van der Waals surface area contributed by atoms with Crippen molar-refractivity contribution in [2.75, 3.05) is 0 Å². The van der Waals surface area contributed by atoms with Gasteiger partial charge in [0.2, 0.25) is 0 Å². The van der Waals surface area contributed by atoms with Crippen molar-refractivity contribution >= 4 is 14.2 Å². The minimum atomic E-state index is -1.67. The van der Waals surface area contributed by atoms with Crippen LogP contribution >= 0.6 is 0 Å². The number of amides is 1. The van der Waals surface area contributed by atoms with E-state index in [1.165, 1.54) is 0 Å². The Hall–Kier alpha value is -1.13. The molecule has 1 heterocycles. The van der Waals surface area contributed by atoms with Gasteiger partial charge in [-0.15, -0.1) is 0 Å². The topological polar surface area (TPSA) is 38.3 Å². The zero-order chi connectivity index (χ0) is 11.8. The minimum Gasteiger partial charge on any atom is -0.404 e. The highest BCUT2D eigenvalue weighted by molar-refractivity contribution is 6.70. The van der Waals surface area contributed by atoms with Crippen LogP contribution in [0.15, 0.2) is 30.3 Å². The molecule has 16 heavy (non-hydrogen) atoms. The van der Waals surface area contributed by atoms with E-state index in [1.54, 1.807) is 0 Å². The van der Waals surface area contributed by atoms with Gasteiger partial charge in [0.05, 0.1) is 6.04 Å². The summed E-state index contributed by atoms with van der Waals surface area (Å²) >= 11 is 0. The van der Waals surface area contributed by atoms with Crippen LogP contribution in [0.1, 0.15) is 11.6 Å². The third kappa shape index (κ3) is 2.33. The normalized spacial score (nSPS) is 24.8. The summed E-state index contributed by atoms with van der Waals surface area (Å²) in [4.78, 5) is 11.5. The number of rotatable bonds is 3.